The molecule has 0 aliphatic heterocycles. The van der Waals surface area contributed by atoms with E-state index in [4.69, 9.17) is 16.3 Å². The first-order valence-electron chi connectivity index (χ1n) is 3.67. The maximum atomic E-state index is 5.86. The van der Waals surface area contributed by atoms with Gasteiger partial charge in [-0.05, 0) is 18.2 Å². The number of halogens is 1. The molecule has 1 aromatic carbocycles. The summed E-state index contributed by atoms with van der Waals surface area (Å²) < 4.78 is 7.22. The Morgan fingerprint density at radius 1 is 1.46 bits per heavy atom. The van der Waals surface area contributed by atoms with Crippen molar-refractivity contribution in [2.24, 2.45) is 0 Å². The average molecular weight is 231 g/mol. The van der Waals surface area contributed by atoms with E-state index in [1.807, 2.05) is 18.2 Å². The lowest BCUT2D eigenvalue weighted by Gasteiger charge is -1.97. The molecule has 0 atom stereocenters. The van der Waals surface area contributed by atoms with E-state index in [0.717, 1.165) is 25.1 Å². The zero-order chi connectivity index (χ0) is 9.42. The van der Waals surface area contributed by atoms with E-state index in [0.29, 0.717) is 0 Å². The first-order valence-corrected chi connectivity index (χ1v) is 5.31. The number of hydrogen-bond donors (Lipinski definition) is 1. The predicted octanol–water partition coefficient (Wildman–Crippen LogP) is 3.85. The van der Waals surface area contributed by atoms with E-state index < -0.39 is 0 Å². The SMILES string of the molecule is COc1c(S)sc2cc(Cl)ccc12. The highest BCUT2D eigenvalue weighted by Gasteiger charge is 2.09. The molecule has 0 spiro atoms. The fourth-order valence-electron chi connectivity index (χ4n) is 1.23. The summed E-state index contributed by atoms with van der Waals surface area (Å²) in [6.07, 6.45) is 0. The third-order valence-corrected chi connectivity index (χ3v) is 3.44. The molecule has 0 amide bonds. The molecular weight excluding hydrogens is 224 g/mol. The highest BCUT2D eigenvalue weighted by molar-refractivity contribution is 7.83. The Balaban J connectivity index is 2.79. The van der Waals surface area contributed by atoms with Crippen molar-refractivity contribution in [1.82, 2.24) is 0 Å². The summed E-state index contributed by atoms with van der Waals surface area (Å²) in [6.45, 7) is 0. The molecule has 0 unspecified atom stereocenters. The summed E-state index contributed by atoms with van der Waals surface area (Å²) in [7, 11) is 1.65. The minimum atomic E-state index is 0.740. The molecule has 1 aromatic heterocycles. The Bertz CT molecular complexity index is 450. The first kappa shape index (κ1) is 9.19. The van der Waals surface area contributed by atoms with E-state index in [9.17, 15) is 0 Å². The maximum Gasteiger partial charge on any atom is 0.150 e. The van der Waals surface area contributed by atoms with Gasteiger partial charge in [-0.3, -0.25) is 0 Å². The summed E-state index contributed by atoms with van der Waals surface area (Å²) in [4.78, 5) is 0. The fraction of sp³-hybridized carbons (Fsp3) is 0.111. The quantitative estimate of drug-likeness (QED) is 0.733. The van der Waals surface area contributed by atoms with Crippen LogP contribution in [0.15, 0.2) is 22.4 Å². The normalized spacial score (nSPS) is 10.7. The molecule has 1 heterocycles. The van der Waals surface area contributed by atoms with Crippen molar-refractivity contribution in [3.8, 4) is 5.75 Å². The minimum absolute atomic E-state index is 0.740. The van der Waals surface area contributed by atoms with Crippen molar-refractivity contribution < 1.29 is 4.74 Å². The van der Waals surface area contributed by atoms with Crippen LogP contribution in [0.25, 0.3) is 10.1 Å². The van der Waals surface area contributed by atoms with Gasteiger partial charge in [0.05, 0.1) is 7.11 Å². The summed E-state index contributed by atoms with van der Waals surface area (Å²) in [6, 6.07) is 5.73. The van der Waals surface area contributed by atoms with Crippen molar-refractivity contribution in [2.45, 2.75) is 4.21 Å². The molecule has 0 bridgehead atoms. The first-order chi connectivity index (χ1) is 6.22. The van der Waals surface area contributed by atoms with Crippen molar-refractivity contribution in [3.05, 3.63) is 23.2 Å². The average Bonchev–Trinajstić information content (AvgIpc) is 2.39. The van der Waals surface area contributed by atoms with Crippen molar-refractivity contribution >= 4 is 45.7 Å². The molecule has 4 heteroatoms. The van der Waals surface area contributed by atoms with Gasteiger partial charge in [0, 0.05) is 15.1 Å². The third kappa shape index (κ3) is 1.52. The Hall–Kier alpha value is -0.380. The van der Waals surface area contributed by atoms with Crippen LogP contribution < -0.4 is 4.74 Å². The molecule has 2 aromatic rings. The second kappa shape index (κ2) is 3.40. The van der Waals surface area contributed by atoms with Crippen LogP contribution in [0.3, 0.4) is 0 Å². The predicted molar refractivity (Wildman–Crippen MR) is 60.6 cm³/mol. The van der Waals surface area contributed by atoms with Gasteiger partial charge in [0.2, 0.25) is 0 Å². The van der Waals surface area contributed by atoms with Crippen molar-refractivity contribution in [2.75, 3.05) is 7.11 Å². The number of methoxy groups -OCH3 is 1. The highest BCUT2D eigenvalue weighted by Crippen LogP contribution is 2.40. The number of thiol groups is 1. The van der Waals surface area contributed by atoms with Crippen LogP contribution in [0, 0.1) is 0 Å². The van der Waals surface area contributed by atoms with Gasteiger partial charge in [0.25, 0.3) is 0 Å². The molecule has 0 N–H and O–H groups in total. The van der Waals surface area contributed by atoms with E-state index in [1.165, 1.54) is 0 Å². The monoisotopic (exact) mass is 230 g/mol. The Morgan fingerprint density at radius 2 is 2.23 bits per heavy atom. The van der Waals surface area contributed by atoms with Crippen molar-refractivity contribution in [1.29, 1.82) is 0 Å². The van der Waals surface area contributed by atoms with Gasteiger partial charge in [0.15, 0.2) is 5.75 Å². The molecule has 2 rings (SSSR count). The molecule has 0 saturated carbocycles. The Labute approximate surface area is 90.7 Å². The van der Waals surface area contributed by atoms with Gasteiger partial charge in [-0.15, -0.1) is 24.0 Å². The lowest BCUT2D eigenvalue weighted by Crippen LogP contribution is -1.80. The number of hydrogen-bond acceptors (Lipinski definition) is 3. The van der Waals surface area contributed by atoms with E-state index in [-0.39, 0.29) is 0 Å². The van der Waals surface area contributed by atoms with Crippen LogP contribution in [-0.4, -0.2) is 7.11 Å². The molecule has 0 radical (unpaired) electrons. The molecular formula is C9H7ClOS2. The number of ether oxygens (including phenoxy) is 1. The summed E-state index contributed by atoms with van der Waals surface area (Å²) in [5.74, 6) is 0.833. The number of thiophene rings is 1. The standard InChI is InChI=1S/C9H7ClOS2/c1-11-8-6-3-2-5(10)4-7(6)13-9(8)12/h2-4,12H,1H3. The highest BCUT2D eigenvalue weighted by atomic mass is 35.5. The Morgan fingerprint density at radius 3 is 2.92 bits per heavy atom. The molecule has 68 valence electrons. The smallest absolute Gasteiger partial charge is 0.150 e. The maximum absolute atomic E-state index is 5.86. The molecule has 1 nitrogen and oxygen atoms in total. The van der Waals surface area contributed by atoms with Crippen LogP contribution in [-0.2, 0) is 0 Å². The summed E-state index contributed by atoms with van der Waals surface area (Å²) in [5.41, 5.74) is 0. The van der Waals surface area contributed by atoms with E-state index in [1.54, 1.807) is 18.4 Å². The van der Waals surface area contributed by atoms with Crippen LogP contribution in [0.5, 0.6) is 5.75 Å². The fourth-order valence-corrected chi connectivity index (χ4v) is 2.93. The largest absolute Gasteiger partial charge is 0.494 e. The van der Waals surface area contributed by atoms with Crippen LogP contribution >= 0.6 is 35.6 Å². The molecule has 0 aliphatic carbocycles. The minimum Gasteiger partial charge on any atom is -0.494 e. The molecule has 0 saturated heterocycles. The Kier molecular flexibility index (Phi) is 2.41. The molecule has 0 fully saturated rings. The van der Waals surface area contributed by atoms with Crippen LogP contribution in [0.4, 0.5) is 0 Å². The second-order valence-electron chi connectivity index (χ2n) is 2.58. The number of rotatable bonds is 1. The number of fused-ring (bicyclic) bond motifs is 1. The van der Waals surface area contributed by atoms with Gasteiger partial charge >= 0.3 is 0 Å². The third-order valence-electron chi connectivity index (χ3n) is 1.79. The lowest BCUT2D eigenvalue weighted by molar-refractivity contribution is 0.413. The molecule has 13 heavy (non-hydrogen) atoms. The van der Waals surface area contributed by atoms with Gasteiger partial charge in [-0.2, -0.15) is 0 Å². The van der Waals surface area contributed by atoms with E-state index in [2.05, 4.69) is 12.6 Å². The molecule has 0 aliphatic rings. The lowest BCUT2D eigenvalue weighted by atomic mass is 10.2. The van der Waals surface area contributed by atoms with Gasteiger partial charge in [-0.1, -0.05) is 11.6 Å². The summed E-state index contributed by atoms with van der Waals surface area (Å²) >= 11 is 11.8. The second-order valence-corrected chi connectivity index (χ2v) is 4.82. The van der Waals surface area contributed by atoms with Crippen molar-refractivity contribution in [3.63, 3.8) is 0 Å². The zero-order valence-corrected chi connectivity index (χ0v) is 9.34. The van der Waals surface area contributed by atoms with E-state index >= 15 is 0 Å². The van der Waals surface area contributed by atoms with Crippen LogP contribution in [0.1, 0.15) is 0 Å². The zero-order valence-electron chi connectivity index (χ0n) is 6.87. The van der Waals surface area contributed by atoms with Gasteiger partial charge in [0.1, 0.15) is 4.21 Å². The van der Waals surface area contributed by atoms with Gasteiger partial charge in [-0.25, -0.2) is 0 Å². The van der Waals surface area contributed by atoms with Gasteiger partial charge < -0.3 is 4.74 Å². The number of benzene rings is 1. The van der Waals surface area contributed by atoms with Crippen LogP contribution in [0.2, 0.25) is 5.02 Å². The topological polar surface area (TPSA) is 9.23 Å². The summed E-state index contributed by atoms with van der Waals surface area (Å²) in [5, 5.41) is 1.81.